The van der Waals surface area contributed by atoms with Gasteiger partial charge in [0.2, 0.25) is 5.91 Å². The fourth-order valence-corrected chi connectivity index (χ4v) is 1.09. The highest BCUT2D eigenvalue weighted by Crippen LogP contribution is 1.97. The van der Waals surface area contributed by atoms with Crippen LogP contribution in [-0.2, 0) is 19.1 Å². The molecule has 13 heavy (non-hydrogen) atoms. The molecule has 5 heteroatoms. The average molecular weight is 187 g/mol. The Bertz CT molecular complexity index is 204. The van der Waals surface area contributed by atoms with Crippen LogP contribution in [0.1, 0.15) is 6.92 Å². The highest BCUT2D eigenvalue weighted by atomic mass is 16.5. The number of carbonyl (C=O) groups is 2. The maximum absolute atomic E-state index is 11.1. The van der Waals surface area contributed by atoms with Gasteiger partial charge in [0.15, 0.2) is 0 Å². The van der Waals surface area contributed by atoms with Crippen molar-refractivity contribution in [2.75, 3.05) is 32.9 Å². The maximum atomic E-state index is 11.1. The van der Waals surface area contributed by atoms with Gasteiger partial charge in [0, 0.05) is 13.5 Å². The molecule has 0 aromatic rings. The van der Waals surface area contributed by atoms with Crippen molar-refractivity contribution in [3.63, 3.8) is 0 Å². The molecule has 74 valence electrons. The molecular formula is C8H13NO4. The Labute approximate surface area is 76.6 Å². The van der Waals surface area contributed by atoms with Gasteiger partial charge in [-0.1, -0.05) is 0 Å². The molecular weight excluding hydrogens is 174 g/mol. The number of ether oxygens (including phenoxy) is 2. The van der Waals surface area contributed by atoms with Crippen LogP contribution in [0.5, 0.6) is 0 Å². The Morgan fingerprint density at radius 2 is 2.46 bits per heavy atom. The minimum Gasteiger partial charge on any atom is -0.464 e. The lowest BCUT2D eigenvalue weighted by molar-refractivity contribution is -0.148. The molecule has 0 saturated carbocycles. The number of rotatable bonds is 3. The van der Waals surface area contributed by atoms with E-state index in [0.717, 1.165) is 0 Å². The molecule has 0 unspecified atom stereocenters. The van der Waals surface area contributed by atoms with E-state index in [2.05, 4.69) is 0 Å². The normalized spacial score (nSPS) is 17.3. The van der Waals surface area contributed by atoms with Gasteiger partial charge in [-0.15, -0.1) is 0 Å². The fraction of sp³-hybridized carbons (Fsp3) is 0.750. The van der Waals surface area contributed by atoms with Crippen molar-refractivity contribution in [3.8, 4) is 0 Å². The van der Waals surface area contributed by atoms with E-state index in [0.29, 0.717) is 19.7 Å². The summed E-state index contributed by atoms with van der Waals surface area (Å²) >= 11 is 0. The molecule has 1 aliphatic heterocycles. The van der Waals surface area contributed by atoms with Crippen LogP contribution in [0, 0.1) is 0 Å². The van der Waals surface area contributed by atoms with Crippen molar-refractivity contribution in [1.82, 2.24) is 4.90 Å². The van der Waals surface area contributed by atoms with Crippen molar-refractivity contribution in [2.24, 2.45) is 0 Å². The highest BCUT2D eigenvalue weighted by Gasteiger charge is 2.17. The van der Waals surface area contributed by atoms with E-state index in [-0.39, 0.29) is 25.1 Å². The van der Waals surface area contributed by atoms with Crippen LogP contribution in [0.4, 0.5) is 0 Å². The molecule has 1 heterocycles. The molecule has 1 aliphatic rings. The van der Waals surface area contributed by atoms with Gasteiger partial charge in [0.05, 0.1) is 13.2 Å². The lowest BCUT2D eigenvalue weighted by atomic mass is 10.4. The molecule has 0 atom stereocenters. The van der Waals surface area contributed by atoms with Gasteiger partial charge in [-0.25, -0.2) is 0 Å². The summed E-state index contributed by atoms with van der Waals surface area (Å²) in [6, 6.07) is 0. The zero-order valence-corrected chi connectivity index (χ0v) is 7.62. The van der Waals surface area contributed by atoms with Crippen LogP contribution in [0.3, 0.4) is 0 Å². The molecule has 0 aromatic heterocycles. The van der Waals surface area contributed by atoms with E-state index in [1.165, 1.54) is 6.92 Å². The summed E-state index contributed by atoms with van der Waals surface area (Å²) in [5.41, 5.74) is 0. The van der Waals surface area contributed by atoms with E-state index in [1.807, 2.05) is 0 Å². The van der Waals surface area contributed by atoms with Gasteiger partial charge >= 0.3 is 5.97 Å². The summed E-state index contributed by atoms with van der Waals surface area (Å²) in [6.45, 7) is 3.36. The molecule has 1 amide bonds. The summed E-state index contributed by atoms with van der Waals surface area (Å²) in [6.07, 6.45) is 0. The predicted octanol–water partition coefficient (Wildman–Crippen LogP) is -0.592. The fourth-order valence-electron chi connectivity index (χ4n) is 1.09. The van der Waals surface area contributed by atoms with Gasteiger partial charge < -0.3 is 14.4 Å². The van der Waals surface area contributed by atoms with Crippen LogP contribution in [0.2, 0.25) is 0 Å². The summed E-state index contributed by atoms with van der Waals surface area (Å²) in [7, 11) is 0. The smallest absolute Gasteiger partial charge is 0.302 e. The first kappa shape index (κ1) is 9.98. The van der Waals surface area contributed by atoms with Crippen molar-refractivity contribution in [2.45, 2.75) is 6.92 Å². The average Bonchev–Trinajstić information content (AvgIpc) is 2.08. The summed E-state index contributed by atoms with van der Waals surface area (Å²) in [5.74, 6) is -0.362. The molecule has 0 spiro atoms. The van der Waals surface area contributed by atoms with Crippen LogP contribution < -0.4 is 0 Å². The summed E-state index contributed by atoms with van der Waals surface area (Å²) < 4.78 is 9.66. The first-order chi connectivity index (χ1) is 6.20. The number of esters is 1. The van der Waals surface area contributed by atoms with Gasteiger partial charge in [-0.2, -0.15) is 0 Å². The van der Waals surface area contributed by atoms with Gasteiger partial charge in [0.25, 0.3) is 0 Å². The topological polar surface area (TPSA) is 55.8 Å². The van der Waals surface area contributed by atoms with Crippen LogP contribution in [0.25, 0.3) is 0 Å². The Kier molecular flexibility index (Phi) is 3.70. The first-order valence-corrected chi connectivity index (χ1v) is 4.19. The molecule has 0 radical (unpaired) electrons. The zero-order chi connectivity index (χ0) is 9.68. The number of amides is 1. The van der Waals surface area contributed by atoms with Crippen molar-refractivity contribution >= 4 is 11.9 Å². The summed E-state index contributed by atoms with van der Waals surface area (Å²) in [5, 5.41) is 0. The van der Waals surface area contributed by atoms with Crippen molar-refractivity contribution in [1.29, 1.82) is 0 Å². The predicted molar refractivity (Wildman–Crippen MR) is 44.0 cm³/mol. The zero-order valence-electron chi connectivity index (χ0n) is 7.62. The number of nitrogens with zero attached hydrogens (tertiary/aromatic N) is 1. The SMILES string of the molecule is CC(=O)OCCN1CCOCC1=O. The number of hydrogen-bond acceptors (Lipinski definition) is 4. The first-order valence-electron chi connectivity index (χ1n) is 4.19. The Morgan fingerprint density at radius 3 is 3.08 bits per heavy atom. The largest absolute Gasteiger partial charge is 0.464 e. The van der Waals surface area contributed by atoms with E-state index in [1.54, 1.807) is 4.90 Å². The molecule has 0 aliphatic carbocycles. The number of morpholine rings is 1. The van der Waals surface area contributed by atoms with Crippen LogP contribution in [-0.4, -0.2) is 49.7 Å². The number of carbonyl (C=O) groups excluding carboxylic acids is 2. The quantitative estimate of drug-likeness (QED) is 0.554. The second kappa shape index (κ2) is 4.81. The minimum absolute atomic E-state index is 0.0431. The third kappa shape index (κ3) is 3.42. The Balaban J connectivity index is 2.19. The highest BCUT2D eigenvalue weighted by molar-refractivity contribution is 5.78. The molecule has 1 fully saturated rings. The van der Waals surface area contributed by atoms with Crippen molar-refractivity contribution in [3.05, 3.63) is 0 Å². The van der Waals surface area contributed by atoms with Gasteiger partial charge in [0.1, 0.15) is 13.2 Å². The molecule has 1 rings (SSSR count). The summed E-state index contributed by atoms with van der Waals surface area (Å²) in [4.78, 5) is 23.2. The van der Waals surface area contributed by atoms with Gasteiger partial charge in [-0.05, 0) is 0 Å². The third-order valence-corrected chi connectivity index (χ3v) is 1.75. The van der Waals surface area contributed by atoms with Gasteiger partial charge in [-0.3, -0.25) is 9.59 Å². The second-order valence-corrected chi connectivity index (χ2v) is 2.77. The molecule has 0 N–H and O–H groups in total. The van der Waals surface area contributed by atoms with E-state index in [9.17, 15) is 9.59 Å². The molecule has 0 bridgehead atoms. The van der Waals surface area contributed by atoms with E-state index in [4.69, 9.17) is 9.47 Å². The second-order valence-electron chi connectivity index (χ2n) is 2.77. The van der Waals surface area contributed by atoms with Crippen LogP contribution in [0.15, 0.2) is 0 Å². The third-order valence-electron chi connectivity index (χ3n) is 1.75. The van der Waals surface area contributed by atoms with Crippen molar-refractivity contribution < 1.29 is 19.1 Å². The molecule has 5 nitrogen and oxygen atoms in total. The Morgan fingerprint density at radius 1 is 1.69 bits per heavy atom. The van der Waals surface area contributed by atoms with Crippen LogP contribution >= 0.6 is 0 Å². The molecule has 1 saturated heterocycles. The molecule has 0 aromatic carbocycles. The maximum Gasteiger partial charge on any atom is 0.302 e. The standard InChI is InChI=1S/C8H13NO4/c1-7(10)13-5-3-9-2-4-12-6-8(9)11/h2-6H2,1H3. The lowest BCUT2D eigenvalue weighted by Gasteiger charge is -2.26. The minimum atomic E-state index is -0.319. The Hall–Kier alpha value is -1.10. The monoisotopic (exact) mass is 187 g/mol. The lowest BCUT2D eigenvalue weighted by Crippen LogP contribution is -2.43. The van der Waals surface area contributed by atoms with E-state index >= 15 is 0 Å². The number of hydrogen-bond donors (Lipinski definition) is 0. The van der Waals surface area contributed by atoms with E-state index < -0.39 is 0 Å².